The van der Waals surface area contributed by atoms with Crippen LogP contribution in [0.1, 0.15) is 24.0 Å². The molecule has 2 aromatic heterocycles. The molecular weight excluding hydrogens is 316 g/mol. The van der Waals surface area contributed by atoms with Crippen LogP contribution in [0.5, 0.6) is 5.75 Å². The Labute approximate surface area is 145 Å². The van der Waals surface area contributed by atoms with Gasteiger partial charge < -0.3 is 15.5 Å². The van der Waals surface area contributed by atoms with Crippen molar-refractivity contribution >= 4 is 16.7 Å². The number of aliphatic hydroxyl groups is 1. The monoisotopic (exact) mass is 336 g/mol. The topological polar surface area (TPSA) is 91.2 Å². The number of aryl methyl sites for hydroxylation is 2. The first kappa shape index (κ1) is 15.8. The second-order valence-electron chi connectivity index (χ2n) is 6.74. The Bertz CT molecular complexity index is 928. The lowest BCUT2D eigenvalue weighted by atomic mass is 9.89. The van der Waals surface area contributed by atoms with Gasteiger partial charge in [0.15, 0.2) is 5.82 Å². The fourth-order valence-electron chi connectivity index (χ4n) is 3.42. The van der Waals surface area contributed by atoms with E-state index in [0.29, 0.717) is 35.4 Å². The Morgan fingerprint density at radius 3 is 2.68 bits per heavy atom. The SMILES string of the molecule is Cc1cc(C)c(-c2nnc(NC3CC(O)C3)c3ncccc23)c(O)c1. The van der Waals surface area contributed by atoms with Crippen molar-refractivity contribution < 1.29 is 10.2 Å². The van der Waals surface area contributed by atoms with Gasteiger partial charge in [-0.3, -0.25) is 4.98 Å². The molecule has 0 unspecified atom stereocenters. The van der Waals surface area contributed by atoms with Crippen molar-refractivity contribution in [2.75, 3.05) is 5.32 Å². The molecule has 3 N–H and O–H groups in total. The molecule has 0 aliphatic heterocycles. The first-order valence-electron chi connectivity index (χ1n) is 8.39. The maximum Gasteiger partial charge on any atom is 0.175 e. The zero-order chi connectivity index (χ0) is 17.6. The third-order valence-electron chi connectivity index (χ3n) is 4.69. The number of aliphatic hydroxyl groups excluding tert-OH is 1. The van der Waals surface area contributed by atoms with Crippen LogP contribution >= 0.6 is 0 Å². The summed E-state index contributed by atoms with van der Waals surface area (Å²) in [4.78, 5) is 4.47. The number of hydrogen-bond donors (Lipinski definition) is 3. The van der Waals surface area contributed by atoms with E-state index in [0.717, 1.165) is 16.5 Å². The Morgan fingerprint density at radius 2 is 1.96 bits per heavy atom. The van der Waals surface area contributed by atoms with Gasteiger partial charge in [0, 0.05) is 23.2 Å². The van der Waals surface area contributed by atoms with E-state index < -0.39 is 0 Å². The van der Waals surface area contributed by atoms with Crippen LogP contribution in [0.2, 0.25) is 0 Å². The van der Waals surface area contributed by atoms with Crippen LogP contribution in [0.15, 0.2) is 30.5 Å². The fraction of sp³-hybridized carbons (Fsp3) is 0.316. The number of anilines is 1. The predicted molar refractivity (Wildman–Crippen MR) is 96.6 cm³/mol. The second kappa shape index (κ2) is 5.97. The maximum atomic E-state index is 10.4. The normalized spacial score (nSPS) is 19.6. The molecule has 25 heavy (non-hydrogen) atoms. The average Bonchev–Trinajstić information content (AvgIpc) is 2.54. The number of aromatic nitrogens is 3. The first-order valence-corrected chi connectivity index (χ1v) is 8.39. The highest BCUT2D eigenvalue weighted by atomic mass is 16.3. The van der Waals surface area contributed by atoms with E-state index >= 15 is 0 Å². The molecular formula is C19H20N4O2. The van der Waals surface area contributed by atoms with Gasteiger partial charge in [0.2, 0.25) is 0 Å². The van der Waals surface area contributed by atoms with E-state index in [1.165, 1.54) is 0 Å². The number of phenolic OH excluding ortho intramolecular Hbond substituents is 1. The number of hydrogen-bond acceptors (Lipinski definition) is 6. The van der Waals surface area contributed by atoms with Gasteiger partial charge in [-0.15, -0.1) is 10.2 Å². The van der Waals surface area contributed by atoms with Crippen molar-refractivity contribution in [2.45, 2.75) is 38.8 Å². The van der Waals surface area contributed by atoms with E-state index in [1.807, 2.05) is 32.0 Å². The predicted octanol–water partition coefficient (Wildman–Crippen LogP) is 2.95. The number of benzene rings is 1. The molecule has 2 heterocycles. The highest BCUT2D eigenvalue weighted by Crippen LogP contribution is 2.37. The molecule has 6 nitrogen and oxygen atoms in total. The summed E-state index contributed by atoms with van der Waals surface area (Å²) >= 11 is 0. The second-order valence-corrected chi connectivity index (χ2v) is 6.74. The van der Waals surface area contributed by atoms with Gasteiger partial charge in [-0.25, -0.2) is 0 Å². The van der Waals surface area contributed by atoms with Crippen molar-refractivity contribution in [3.63, 3.8) is 0 Å². The summed E-state index contributed by atoms with van der Waals surface area (Å²) in [6.07, 6.45) is 2.89. The third kappa shape index (κ3) is 2.78. The number of nitrogens with zero attached hydrogens (tertiary/aromatic N) is 3. The zero-order valence-corrected chi connectivity index (χ0v) is 14.2. The van der Waals surface area contributed by atoms with Crippen LogP contribution in [0.3, 0.4) is 0 Å². The van der Waals surface area contributed by atoms with E-state index in [-0.39, 0.29) is 17.9 Å². The van der Waals surface area contributed by atoms with E-state index in [9.17, 15) is 10.2 Å². The molecule has 1 aliphatic carbocycles. The van der Waals surface area contributed by atoms with Gasteiger partial charge in [-0.1, -0.05) is 6.07 Å². The van der Waals surface area contributed by atoms with Crippen molar-refractivity contribution in [1.82, 2.24) is 15.2 Å². The Balaban J connectivity index is 1.84. The summed E-state index contributed by atoms with van der Waals surface area (Å²) < 4.78 is 0. The molecule has 0 spiro atoms. The third-order valence-corrected chi connectivity index (χ3v) is 4.69. The average molecular weight is 336 g/mol. The van der Waals surface area contributed by atoms with Gasteiger partial charge in [0.1, 0.15) is 17.0 Å². The van der Waals surface area contributed by atoms with Gasteiger partial charge in [0.25, 0.3) is 0 Å². The Kier molecular flexibility index (Phi) is 3.77. The van der Waals surface area contributed by atoms with E-state index in [2.05, 4.69) is 20.5 Å². The first-order chi connectivity index (χ1) is 12.0. The number of fused-ring (bicyclic) bond motifs is 1. The van der Waals surface area contributed by atoms with Crippen LogP contribution in [-0.4, -0.2) is 37.5 Å². The lowest BCUT2D eigenvalue weighted by molar-refractivity contribution is 0.0835. The standard InChI is InChI=1S/C19H20N4O2/c1-10-6-11(2)16(15(25)7-10)17-14-4-3-5-20-18(14)19(23-22-17)21-12-8-13(24)9-12/h3-7,12-13,24-25H,8-9H2,1-2H3,(H,21,23). The molecule has 0 bridgehead atoms. The van der Waals surface area contributed by atoms with Crippen molar-refractivity contribution in [3.8, 4) is 17.0 Å². The minimum atomic E-state index is -0.240. The van der Waals surface area contributed by atoms with Crippen molar-refractivity contribution in [2.24, 2.45) is 0 Å². The van der Waals surface area contributed by atoms with Crippen LogP contribution in [-0.2, 0) is 0 Å². The molecule has 0 amide bonds. The minimum Gasteiger partial charge on any atom is -0.507 e. The molecule has 1 fully saturated rings. The highest BCUT2D eigenvalue weighted by Gasteiger charge is 2.28. The van der Waals surface area contributed by atoms with Crippen molar-refractivity contribution in [1.29, 1.82) is 0 Å². The summed E-state index contributed by atoms with van der Waals surface area (Å²) in [7, 11) is 0. The zero-order valence-electron chi connectivity index (χ0n) is 14.2. The number of rotatable bonds is 3. The van der Waals surface area contributed by atoms with Gasteiger partial charge in [0.05, 0.1) is 6.10 Å². The molecule has 1 aromatic carbocycles. The van der Waals surface area contributed by atoms with Gasteiger partial charge in [-0.2, -0.15) is 0 Å². The quantitative estimate of drug-likeness (QED) is 0.681. The maximum absolute atomic E-state index is 10.4. The number of phenols is 1. The minimum absolute atomic E-state index is 0.190. The molecule has 0 radical (unpaired) electrons. The number of aromatic hydroxyl groups is 1. The Hall–Kier alpha value is -2.73. The summed E-state index contributed by atoms with van der Waals surface area (Å²) in [6, 6.07) is 7.72. The van der Waals surface area contributed by atoms with Crippen LogP contribution in [0, 0.1) is 13.8 Å². The summed E-state index contributed by atoms with van der Waals surface area (Å²) in [5.41, 5.74) is 3.96. The van der Waals surface area contributed by atoms with Crippen molar-refractivity contribution in [3.05, 3.63) is 41.6 Å². The van der Waals surface area contributed by atoms with Crippen LogP contribution < -0.4 is 5.32 Å². The largest absolute Gasteiger partial charge is 0.507 e. The van der Waals surface area contributed by atoms with Gasteiger partial charge in [-0.05, 0) is 56.0 Å². The molecule has 0 atom stereocenters. The number of pyridine rings is 1. The van der Waals surface area contributed by atoms with Crippen LogP contribution in [0.4, 0.5) is 5.82 Å². The lowest BCUT2D eigenvalue weighted by Gasteiger charge is -2.32. The Morgan fingerprint density at radius 1 is 1.16 bits per heavy atom. The highest BCUT2D eigenvalue weighted by molar-refractivity contribution is 5.99. The lowest BCUT2D eigenvalue weighted by Crippen LogP contribution is -2.39. The molecule has 4 rings (SSSR count). The molecule has 0 saturated heterocycles. The fourth-order valence-corrected chi connectivity index (χ4v) is 3.42. The summed E-state index contributed by atoms with van der Waals surface area (Å²) in [5.74, 6) is 0.806. The van der Waals surface area contributed by atoms with E-state index in [4.69, 9.17) is 0 Å². The molecule has 1 saturated carbocycles. The van der Waals surface area contributed by atoms with Gasteiger partial charge >= 0.3 is 0 Å². The molecule has 3 aromatic rings. The number of nitrogens with one attached hydrogen (secondary N) is 1. The molecule has 128 valence electrons. The molecule has 6 heteroatoms. The molecule has 1 aliphatic rings. The van der Waals surface area contributed by atoms with E-state index in [1.54, 1.807) is 12.3 Å². The summed E-state index contributed by atoms with van der Waals surface area (Å²) in [6.45, 7) is 3.90. The smallest absolute Gasteiger partial charge is 0.175 e. The van der Waals surface area contributed by atoms with Crippen LogP contribution in [0.25, 0.3) is 22.2 Å². The summed E-state index contributed by atoms with van der Waals surface area (Å²) in [5, 5.41) is 32.8.